The summed E-state index contributed by atoms with van der Waals surface area (Å²) in [5.41, 5.74) is 1.26. The second-order valence-electron chi connectivity index (χ2n) is 7.74. The van der Waals surface area contributed by atoms with E-state index >= 15 is 0 Å². The van der Waals surface area contributed by atoms with Gasteiger partial charge in [-0.1, -0.05) is 12.5 Å². The Kier molecular flexibility index (Phi) is 5.51. The van der Waals surface area contributed by atoms with E-state index in [0.29, 0.717) is 24.4 Å². The molecule has 1 aliphatic carbocycles. The molecular weight excluding hydrogens is 300 g/mol. The van der Waals surface area contributed by atoms with Crippen molar-refractivity contribution >= 4 is 5.91 Å². The summed E-state index contributed by atoms with van der Waals surface area (Å²) in [5, 5.41) is 0. The molecule has 1 saturated heterocycles. The molecule has 2 aliphatic rings. The van der Waals surface area contributed by atoms with Crippen LogP contribution in [0.25, 0.3) is 0 Å². The number of rotatable bonds is 5. The Hall–Kier alpha value is -1.46. The van der Waals surface area contributed by atoms with Gasteiger partial charge in [-0.05, 0) is 57.5 Å². The number of aromatic nitrogens is 1. The summed E-state index contributed by atoms with van der Waals surface area (Å²) in [7, 11) is 6.15. The van der Waals surface area contributed by atoms with E-state index in [0.717, 1.165) is 19.6 Å². The van der Waals surface area contributed by atoms with Crippen LogP contribution in [0.4, 0.5) is 0 Å². The Balaban J connectivity index is 1.64. The van der Waals surface area contributed by atoms with Gasteiger partial charge >= 0.3 is 0 Å². The molecule has 3 rings (SSSR count). The lowest BCUT2D eigenvalue weighted by Crippen LogP contribution is -2.43. The Morgan fingerprint density at radius 1 is 1.29 bits per heavy atom. The molecule has 3 atom stereocenters. The highest BCUT2D eigenvalue weighted by Crippen LogP contribution is 2.38. The lowest BCUT2D eigenvalue weighted by Gasteiger charge is -2.39. The summed E-state index contributed by atoms with van der Waals surface area (Å²) in [6.45, 7) is 3.34. The first kappa shape index (κ1) is 17.4. The molecule has 1 saturated carbocycles. The molecule has 5 nitrogen and oxygen atoms in total. The minimum Gasteiger partial charge on any atom is -0.341 e. The van der Waals surface area contributed by atoms with Crippen molar-refractivity contribution < 1.29 is 4.79 Å². The van der Waals surface area contributed by atoms with Gasteiger partial charge in [-0.25, -0.2) is 0 Å². The maximum atomic E-state index is 12.4. The summed E-state index contributed by atoms with van der Waals surface area (Å²) < 4.78 is 0. The molecule has 1 unspecified atom stereocenters. The fourth-order valence-electron chi connectivity index (χ4n) is 4.46. The first-order valence-corrected chi connectivity index (χ1v) is 9.06. The van der Waals surface area contributed by atoms with Crippen LogP contribution in [0, 0.1) is 11.8 Å². The first-order chi connectivity index (χ1) is 11.5. The minimum absolute atomic E-state index is 0.281. The van der Waals surface area contributed by atoms with E-state index in [4.69, 9.17) is 0 Å². The number of pyridine rings is 1. The summed E-state index contributed by atoms with van der Waals surface area (Å²) in [5.74, 6) is 1.57. The van der Waals surface area contributed by atoms with Crippen LogP contribution in [0.5, 0.6) is 0 Å². The third-order valence-corrected chi connectivity index (χ3v) is 5.59. The second-order valence-corrected chi connectivity index (χ2v) is 7.74. The van der Waals surface area contributed by atoms with Gasteiger partial charge in [0.05, 0.1) is 6.54 Å². The number of carbonyl (C=O) groups excluding carboxylic acids is 1. The zero-order valence-electron chi connectivity index (χ0n) is 15.2. The van der Waals surface area contributed by atoms with Gasteiger partial charge in [0.2, 0.25) is 5.91 Å². The van der Waals surface area contributed by atoms with Crippen LogP contribution in [0.1, 0.15) is 24.8 Å². The van der Waals surface area contributed by atoms with Crippen LogP contribution in [0.15, 0.2) is 24.5 Å². The maximum absolute atomic E-state index is 12.4. The van der Waals surface area contributed by atoms with E-state index in [9.17, 15) is 4.79 Å². The van der Waals surface area contributed by atoms with Crippen LogP contribution >= 0.6 is 0 Å². The van der Waals surface area contributed by atoms with Crippen LogP contribution in [-0.4, -0.2) is 72.4 Å². The van der Waals surface area contributed by atoms with Gasteiger partial charge in [0.1, 0.15) is 0 Å². The predicted octanol–water partition coefficient (Wildman–Crippen LogP) is 1.70. The Morgan fingerprint density at radius 3 is 2.83 bits per heavy atom. The van der Waals surface area contributed by atoms with E-state index in [1.807, 2.05) is 37.5 Å². The topological polar surface area (TPSA) is 39.7 Å². The van der Waals surface area contributed by atoms with E-state index in [-0.39, 0.29) is 5.91 Å². The van der Waals surface area contributed by atoms with Crippen LogP contribution in [0.2, 0.25) is 0 Å². The molecule has 0 aromatic carbocycles. The number of hydrogen-bond donors (Lipinski definition) is 0. The summed E-state index contributed by atoms with van der Waals surface area (Å²) in [6, 6.07) is 4.72. The monoisotopic (exact) mass is 330 g/mol. The van der Waals surface area contributed by atoms with Gasteiger partial charge in [-0.3, -0.25) is 14.7 Å². The number of carbonyl (C=O) groups is 1. The number of hydrogen-bond acceptors (Lipinski definition) is 4. The molecule has 2 fully saturated rings. The molecule has 1 amide bonds. The van der Waals surface area contributed by atoms with Crippen molar-refractivity contribution in [2.24, 2.45) is 11.8 Å². The average molecular weight is 330 g/mol. The molecule has 0 bridgehead atoms. The number of fused-ring (bicyclic) bond motifs is 1. The van der Waals surface area contributed by atoms with E-state index < -0.39 is 0 Å². The summed E-state index contributed by atoms with van der Waals surface area (Å²) in [6.07, 6.45) is 7.57. The molecule has 2 heterocycles. The zero-order valence-corrected chi connectivity index (χ0v) is 15.2. The lowest BCUT2D eigenvalue weighted by molar-refractivity contribution is -0.131. The molecule has 0 spiro atoms. The Labute approximate surface area is 145 Å². The number of likely N-dealkylation sites (tertiary alicyclic amines) is 1. The van der Waals surface area contributed by atoms with Crippen molar-refractivity contribution in [2.45, 2.75) is 31.8 Å². The van der Waals surface area contributed by atoms with Crippen molar-refractivity contribution in [2.75, 3.05) is 40.8 Å². The Morgan fingerprint density at radius 2 is 2.12 bits per heavy atom. The van der Waals surface area contributed by atoms with Gasteiger partial charge in [-0.15, -0.1) is 0 Å². The number of likely N-dealkylation sites (N-methyl/N-ethyl adjacent to an activating group) is 1. The van der Waals surface area contributed by atoms with E-state index in [1.165, 1.54) is 24.8 Å². The normalized spacial score (nSPS) is 26.9. The number of nitrogens with zero attached hydrogens (tertiary/aromatic N) is 4. The molecular formula is C19H30N4O. The molecule has 0 N–H and O–H groups in total. The van der Waals surface area contributed by atoms with Crippen molar-refractivity contribution in [3.63, 3.8) is 0 Å². The third-order valence-electron chi connectivity index (χ3n) is 5.59. The minimum atomic E-state index is 0.281. The molecule has 132 valence electrons. The van der Waals surface area contributed by atoms with Crippen LogP contribution < -0.4 is 0 Å². The predicted molar refractivity (Wildman–Crippen MR) is 95.5 cm³/mol. The first-order valence-electron chi connectivity index (χ1n) is 9.06. The second kappa shape index (κ2) is 7.62. The fraction of sp³-hybridized carbons (Fsp3) is 0.684. The standard InChI is InChI=1S/C19H30N4O/c1-21(2)14-19(24)23-12-16-7-4-8-18(17(16)13-23)22(3)11-15-6-5-9-20-10-15/h5-6,9-10,16-18H,4,7-8,11-14H2,1-3H3/t16-,17+,18?/m1/s1. The molecule has 1 aromatic heterocycles. The van der Waals surface area contributed by atoms with Crippen LogP contribution in [0.3, 0.4) is 0 Å². The van der Waals surface area contributed by atoms with Gasteiger partial charge in [0, 0.05) is 38.1 Å². The third kappa shape index (κ3) is 3.95. The smallest absolute Gasteiger partial charge is 0.236 e. The van der Waals surface area contributed by atoms with Gasteiger partial charge in [0.25, 0.3) is 0 Å². The fourth-order valence-corrected chi connectivity index (χ4v) is 4.46. The summed E-state index contributed by atoms with van der Waals surface area (Å²) in [4.78, 5) is 23.2. The molecule has 5 heteroatoms. The highest BCUT2D eigenvalue weighted by atomic mass is 16.2. The molecule has 0 radical (unpaired) electrons. The maximum Gasteiger partial charge on any atom is 0.236 e. The lowest BCUT2D eigenvalue weighted by atomic mass is 9.77. The molecule has 1 aromatic rings. The average Bonchev–Trinajstić information content (AvgIpc) is 2.99. The van der Waals surface area contributed by atoms with Gasteiger partial charge < -0.3 is 9.80 Å². The Bertz CT molecular complexity index is 548. The molecule has 24 heavy (non-hydrogen) atoms. The van der Waals surface area contributed by atoms with Crippen molar-refractivity contribution in [1.29, 1.82) is 0 Å². The zero-order chi connectivity index (χ0) is 17.1. The van der Waals surface area contributed by atoms with Crippen LogP contribution in [-0.2, 0) is 11.3 Å². The van der Waals surface area contributed by atoms with Crippen molar-refractivity contribution in [3.8, 4) is 0 Å². The van der Waals surface area contributed by atoms with Gasteiger partial charge in [0.15, 0.2) is 0 Å². The highest BCUT2D eigenvalue weighted by Gasteiger charge is 2.42. The summed E-state index contributed by atoms with van der Waals surface area (Å²) >= 11 is 0. The van der Waals surface area contributed by atoms with Crippen molar-refractivity contribution in [1.82, 2.24) is 19.7 Å². The largest absolute Gasteiger partial charge is 0.341 e. The quantitative estimate of drug-likeness (QED) is 0.824. The van der Waals surface area contributed by atoms with Gasteiger partial charge in [-0.2, -0.15) is 0 Å². The van der Waals surface area contributed by atoms with E-state index in [1.54, 1.807) is 0 Å². The SMILES string of the molecule is CN(C)CC(=O)N1C[C@H]2CCCC(N(C)Cc3cccnc3)[C@H]2C1. The molecule has 1 aliphatic heterocycles. The number of amides is 1. The van der Waals surface area contributed by atoms with Crippen molar-refractivity contribution in [3.05, 3.63) is 30.1 Å². The highest BCUT2D eigenvalue weighted by molar-refractivity contribution is 5.78. The van der Waals surface area contributed by atoms with E-state index in [2.05, 4.69) is 27.9 Å².